The molecule has 0 aliphatic carbocycles. The molecule has 1 aromatic carbocycles. The lowest BCUT2D eigenvalue weighted by atomic mass is 10.1. The fraction of sp³-hybridized carbons (Fsp3) is 0.556. The number of carbonyl (C=O) groups is 2. The molecule has 0 N–H and O–H groups in total. The Kier molecular flexibility index (Phi) is 7.64. The molecule has 0 saturated heterocycles. The van der Waals surface area contributed by atoms with E-state index in [1.807, 2.05) is 37.3 Å². The van der Waals surface area contributed by atoms with E-state index < -0.39 is 0 Å². The molecular weight excluding hydrogens is 276 g/mol. The van der Waals surface area contributed by atoms with Crippen LogP contribution in [-0.2, 0) is 9.59 Å². The lowest BCUT2D eigenvalue weighted by Gasteiger charge is -2.25. The highest BCUT2D eigenvalue weighted by Gasteiger charge is 2.16. The molecule has 4 heteroatoms. The highest BCUT2D eigenvalue weighted by Crippen LogP contribution is 2.14. The molecule has 0 atom stereocenters. The zero-order valence-electron chi connectivity index (χ0n) is 14.2. The monoisotopic (exact) mass is 304 g/mol. The fourth-order valence-electron chi connectivity index (χ4n) is 2.32. The van der Waals surface area contributed by atoms with Crippen molar-refractivity contribution in [1.29, 1.82) is 0 Å². The van der Waals surface area contributed by atoms with E-state index in [4.69, 9.17) is 0 Å². The lowest BCUT2D eigenvalue weighted by molar-refractivity contribution is -0.129. The van der Waals surface area contributed by atoms with Crippen LogP contribution >= 0.6 is 0 Å². The van der Waals surface area contributed by atoms with Gasteiger partial charge in [0.1, 0.15) is 0 Å². The summed E-state index contributed by atoms with van der Waals surface area (Å²) >= 11 is 0. The predicted octanol–water partition coefficient (Wildman–Crippen LogP) is 3.32. The van der Waals surface area contributed by atoms with E-state index in [-0.39, 0.29) is 11.8 Å². The van der Waals surface area contributed by atoms with Crippen LogP contribution in [0.15, 0.2) is 30.3 Å². The molecule has 0 spiro atoms. The quantitative estimate of drug-likeness (QED) is 0.739. The summed E-state index contributed by atoms with van der Waals surface area (Å²) in [6, 6.07) is 9.66. The molecule has 0 radical (unpaired) electrons. The number of hydrogen-bond donors (Lipinski definition) is 0. The normalized spacial score (nSPS) is 10.6. The minimum absolute atomic E-state index is 0.0382. The number of hydrogen-bond acceptors (Lipinski definition) is 2. The van der Waals surface area contributed by atoms with Crippen molar-refractivity contribution in [3.8, 4) is 0 Å². The van der Waals surface area contributed by atoms with Crippen LogP contribution < -0.4 is 4.90 Å². The van der Waals surface area contributed by atoms with Crippen LogP contribution in [0.5, 0.6) is 0 Å². The maximum atomic E-state index is 12.4. The number of amides is 2. The summed E-state index contributed by atoms with van der Waals surface area (Å²) < 4.78 is 0. The smallest absolute Gasteiger partial charge is 0.228 e. The summed E-state index contributed by atoms with van der Waals surface area (Å²) in [4.78, 5) is 27.6. The molecular formula is C18H28N2O2. The number of nitrogens with zero attached hydrogens (tertiary/aromatic N) is 2. The van der Waals surface area contributed by atoms with Crippen LogP contribution in [0.2, 0.25) is 0 Å². The van der Waals surface area contributed by atoms with E-state index in [9.17, 15) is 9.59 Å². The van der Waals surface area contributed by atoms with E-state index >= 15 is 0 Å². The minimum atomic E-state index is 0.0382. The summed E-state index contributed by atoms with van der Waals surface area (Å²) in [5.41, 5.74) is 0.909. The number of para-hydroxylation sites is 1. The van der Waals surface area contributed by atoms with Gasteiger partial charge in [0.25, 0.3) is 0 Å². The Morgan fingerprint density at radius 1 is 1.09 bits per heavy atom. The van der Waals surface area contributed by atoms with Crippen molar-refractivity contribution in [2.75, 3.05) is 24.5 Å². The molecule has 1 aromatic rings. The van der Waals surface area contributed by atoms with Gasteiger partial charge in [-0.25, -0.2) is 0 Å². The van der Waals surface area contributed by atoms with Crippen LogP contribution in [-0.4, -0.2) is 36.3 Å². The molecule has 0 aliphatic heterocycles. The summed E-state index contributed by atoms with van der Waals surface area (Å²) in [7, 11) is 0. The molecule has 0 aromatic heterocycles. The predicted molar refractivity (Wildman–Crippen MR) is 90.8 cm³/mol. The van der Waals surface area contributed by atoms with Crippen molar-refractivity contribution in [3.05, 3.63) is 30.3 Å². The van der Waals surface area contributed by atoms with E-state index in [1.54, 1.807) is 16.7 Å². The standard InChI is InChI=1S/C18H28N2O2/c1-5-20(17-9-7-6-8-10-17)18(22)12-14-19(16(4)21)13-11-15(2)3/h6-10,15H,5,11-14H2,1-4H3. The van der Waals surface area contributed by atoms with Crippen molar-refractivity contribution >= 4 is 17.5 Å². The third-order valence-electron chi connectivity index (χ3n) is 3.70. The fourth-order valence-corrected chi connectivity index (χ4v) is 2.32. The second-order valence-corrected chi connectivity index (χ2v) is 5.91. The first-order valence-corrected chi connectivity index (χ1v) is 8.06. The van der Waals surface area contributed by atoms with Gasteiger partial charge in [-0.15, -0.1) is 0 Å². The molecule has 0 fully saturated rings. The number of carbonyl (C=O) groups excluding carboxylic acids is 2. The molecule has 0 bridgehead atoms. The average molecular weight is 304 g/mol. The van der Waals surface area contributed by atoms with Crippen LogP contribution in [0.3, 0.4) is 0 Å². The zero-order valence-corrected chi connectivity index (χ0v) is 14.2. The topological polar surface area (TPSA) is 40.6 Å². The number of benzene rings is 1. The Morgan fingerprint density at radius 2 is 1.73 bits per heavy atom. The first-order valence-electron chi connectivity index (χ1n) is 8.06. The molecule has 0 unspecified atom stereocenters. The van der Waals surface area contributed by atoms with E-state index in [1.165, 1.54) is 0 Å². The second kappa shape index (κ2) is 9.23. The van der Waals surface area contributed by atoms with E-state index in [2.05, 4.69) is 13.8 Å². The average Bonchev–Trinajstić information content (AvgIpc) is 2.48. The summed E-state index contributed by atoms with van der Waals surface area (Å²) in [6.45, 7) is 9.65. The largest absolute Gasteiger partial charge is 0.342 e. The second-order valence-electron chi connectivity index (χ2n) is 5.91. The molecule has 0 saturated carbocycles. The zero-order chi connectivity index (χ0) is 16.5. The van der Waals surface area contributed by atoms with Gasteiger partial charge in [0.2, 0.25) is 11.8 Å². The Morgan fingerprint density at radius 3 is 2.23 bits per heavy atom. The summed E-state index contributed by atoms with van der Waals surface area (Å²) in [5, 5.41) is 0. The van der Waals surface area contributed by atoms with Gasteiger partial charge >= 0.3 is 0 Å². The molecule has 122 valence electrons. The molecule has 4 nitrogen and oxygen atoms in total. The van der Waals surface area contributed by atoms with Gasteiger partial charge in [-0.1, -0.05) is 32.0 Å². The van der Waals surface area contributed by atoms with E-state index in [0.717, 1.165) is 18.7 Å². The Bertz CT molecular complexity index is 471. The van der Waals surface area contributed by atoms with Gasteiger partial charge in [0.05, 0.1) is 0 Å². The lowest BCUT2D eigenvalue weighted by Crippen LogP contribution is -2.37. The van der Waals surface area contributed by atoms with Crippen LogP contribution in [0.1, 0.15) is 40.5 Å². The Labute approximate surface area is 134 Å². The SMILES string of the molecule is CCN(C(=O)CCN(CCC(C)C)C(C)=O)c1ccccc1. The molecule has 0 aliphatic rings. The van der Waals surface area contributed by atoms with Crippen LogP contribution in [0.4, 0.5) is 5.69 Å². The molecule has 22 heavy (non-hydrogen) atoms. The van der Waals surface area contributed by atoms with Crippen LogP contribution in [0.25, 0.3) is 0 Å². The maximum absolute atomic E-state index is 12.4. The van der Waals surface area contributed by atoms with Crippen LogP contribution in [0, 0.1) is 5.92 Å². The minimum Gasteiger partial charge on any atom is -0.342 e. The third kappa shape index (κ3) is 5.88. The number of anilines is 1. The Hall–Kier alpha value is -1.84. The van der Waals surface area contributed by atoms with Crippen molar-refractivity contribution in [2.45, 2.75) is 40.5 Å². The van der Waals surface area contributed by atoms with Crippen molar-refractivity contribution in [3.63, 3.8) is 0 Å². The maximum Gasteiger partial charge on any atom is 0.228 e. The van der Waals surface area contributed by atoms with Gasteiger partial charge in [0.15, 0.2) is 0 Å². The van der Waals surface area contributed by atoms with Crippen molar-refractivity contribution < 1.29 is 9.59 Å². The van der Waals surface area contributed by atoms with Gasteiger partial charge < -0.3 is 9.80 Å². The van der Waals surface area contributed by atoms with Gasteiger partial charge in [0, 0.05) is 38.7 Å². The van der Waals surface area contributed by atoms with E-state index in [0.29, 0.717) is 25.4 Å². The summed E-state index contributed by atoms with van der Waals surface area (Å²) in [5.74, 6) is 0.648. The number of rotatable bonds is 8. The first-order chi connectivity index (χ1) is 10.5. The molecule has 1 rings (SSSR count). The van der Waals surface area contributed by atoms with Gasteiger partial charge in [-0.3, -0.25) is 9.59 Å². The summed E-state index contributed by atoms with van der Waals surface area (Å²) in [6.07, 6.45) is 1.32. The van der Waals surface area contributed by atoms with Crippen molar-refractivity contribution in [2.24, 2.45) is 5.92 Å². The highest BCUT2D eigenvalue weighted by atomic mass is 16.2. The first kappa shape index (κ1) is 18.2. The Balaban J connectivity index is 2.60. The third-order valence-corrected chi connectivity index (χ3v) is 3.70. The van der Waals surface area contributed by atoms with Crippen molar-refractivity contribution in [1.82, 2.24) is 4.90 Å². The molecule has 2 amide bonds. The van der Waals surface area contributed by atoms with Gasteiger partial charge in [-0.05, 0) is 31.4 Å². The van der Waals surface area contributed by atoms with Gasteiger partial charge in [-0.2, -0.15) is 0 Å². The molecule has 0 heterocycles. The highest BCUT2D eigenvalue weighted by molar-refractivity contribution is 5.93.